The lowest BCUT2D eigenvalue weighted by Crippen LogP contribution is -2.14. The lowest BCUT2D eigenvalue weighted by atomic mass is 9.91. The van der Waals surface area contributed by atoms with E-state index in [0.717, 1.165) is 15.6 Å². The normalized spacial score (nSPS) is 16.7. The summed E-state index contributed by atoms with van der Waals surface area (Å²) in [5, 5.41) is 9.75. The van der Waals surface area contributed by atoms with Crippen LogP contribution in [0.1, 0.15) is 24.8 Å². The van der Waals surface area contributed by atoms with Gasteiger partial charge in [-0.15, -0.1) is 0 Å². The first-order valence-electron chi connectivity index (χ1n) is 5.36. The van der Waals surface area contributed by atoms with E-state index < -0.39 is 0 Å². The molecule has 3 heteroatoms. The van der Waals surface area contributed by atoms with Crippen molar-refractivity contribution < 1.29 is 9.90 Å². The molecule has 0 aliphatic heterocycles. The van der Waals surface area contributed by atoms with Crippen LogP contribution in [0.4, 0.5) is 0 Å². The maximum absolute atomic E-state index is 11.7. The van der Waals surface area contributed by atoms with E-state index in [0.29, 0.717) is 24.8 Å². The van der Waals surface area contributed by atoms with Crippen molar-refractivity contribution in [2.75, 3.05) is 0 Å². The van der Waals surface area contributed by atoms with Gasteiger partial charge < -0.3 is 5.11 Å². The van der Waals surface area contributed by atoms with Crippen LogP contribution in [-0.2, 0) is 11.2 Å². The third-order valence-corrected chi connectivity index (χ3v) is 3.88. The minimum absolute atomic E-state index is 0.100. The molecule has 0 unspecified atom stereocenters. The maximum Gasteiger partial charge on any atom is 0.162 e. The topological polar surface area (TPSA) is 37.3 Å². The molecular formula is C13H13IO2. The molecule has 0 heterocycles. The Morgan fingerprint density at radius 1 is 1.25 bits per heavy atom. The predicted octanol–water partition coefficient (Wildman–Crippen LogP) is 3.40. The van der Waals surface area contributed by atoms with Crippen LogP contribution in [0.5, 0.6) is 0 Å². The van der Waals surface area contributed by atoms with E-state index in [1.165, 1.54) is 0 Å². The highest BCUT2D eigenvalue weighted by Crippen LogP contribution is 2.24. The largest absolute Gasteiger partial charge is 0.512 e. The zero-order chi connectivity index (χ0) is 11.5. The second kappa shape index (κ2) is 4.99. The monoisotopic (exact) mass is 328 g/mol. The molecule has 1 aliphatic carbocycles. The predicted molar refractivity (Wildman–Crippen MR) is 71.4 cm³/mol. The fourth-order valence-electron chi connectivity index (χ4n) is 1.91. The molecule has 0 amide bonds. The van der Waals surface area contributed by atoms with Crippen molar-refractivity contribution in [3.8, 4) is 0 Å². The summed E-state index contributed by atoms with van der Waals surface area (Å²) in [4.78, 5) is 11.7. The Balaban J connectivity index is 2.27. The molecule has 0 saturated heterocycles. The average molecular weight is 328 g/mol. The van der Waals surface area contributed by atoms with Gasteiger partial charge in [-0.05, 0) is 40.6 Å². The molecule has 0 bridgehead atoms. The van der Waals surface area contributed by atoms with Gasteiger partial charge in [0.05, 0.1) is 5.76 Å². The summed E-state index contributed by atoms with van der Waals surface area (Å²) in [6.07, 6.45) is 2.55. The van der Waals surface area contributed by atoms with E-state index in [2.05, 4.69) is 22.6 Å². The molecule has 1 aromatic rings. The van der Waals surface area contributed by atoms with Gasteiger partial charge in [-0.2, -0.15) is 0 Å². The standard InChI is InChI=1S/C13H13IO2/c14-11-5-2-1-4-9(11)8-10-12(15)6-3-7-13(10)16/h1-2,4-5,15H,3,6-8H2. The first-order valence-corrected chi connectivity index (χ1v) is 6.44. The summed E-state index contributed by atoms with van der Waals surface area (Å²) < 4.78 is 1.14. The van der Waals surface area contributed by atoms with Gasteiger partial charge in [-0.25, -0.2) is 0 Å². The Hall–Kier alpha value is -0.840. The highest BCUT2D eigenvalue weighted by atomic mass is 127. The van der Waals surface area contributed by atoms with Gasteiger partial charge in [0.25, 0.3) is 0 Å². The van der Waals surface area contributed by atoms with Crippen molar-refractivity contribution in [1.29, 1.82) is 0 Å². The molecule has 16 heavy (non-hydrogen) atoms. The van der Waals surface area contributed by atoms with Gasteiger partial charge in [-0.1, -0.05) is 18.2 Å². The quantitative estimate of drug-likeness (QED) is 0.845. The highest BCUT2D eigenvalue weighted by Gasteiger charge is 2.20. The Bertz CT molecular complexity index is 449. The number of carbonyl (C=O) groups excluding carboxylic acids is 1. The molecular weight excluding hydrogens is 315 g/mol. The average Bonchev–Trinajstić information content (AvgIpc) is 2.26. The maximum atomic E-state index is 11.7. The van der Waals surface area contributed by atoms with Gasteiger partial charge in [-0.3, -0.25) is 4.79 Å². The van der Waals surface area contributed by atoms with E-state index in [4.69, 9.17) is 0 Å². The Kier molecular flexibility index (Phi) is 3.63. The molecule has 0 radical (unpaired) electrons. The van der Waals surface area contributed by atoms with Crippen molar-refractivity contribution in [3.05, 3.63) is 44.7 Å². The van der Waals surface area contributed by atoms with Gasteiger partial charge in [0.15, 0.2) is 5.78 Å². The van der Waals surface area contributed by atoms with Crippen molar-refractivity contribution in [2.24, 2.45) is 0 Å². The van der Waals surface area contributed by atoms with Crippen molar-refractivity contribution >= 4 is 28.4 Å². The summed E-state index contributed by atoms with van der Waals surface area (Å²) >= 11 is 2.26. The number of benzene rings is 1. The molecule has 2 nitrogen and oxygen atoms in total. The summed E-state index contributed by atoms with van der Waals surface area (Å²) in [5.41, 5.74) is 1.72. The fraction of sp³-hybridized carbons (Fsp3) is 0.308. The molecule has 0 atom stereocenters. The Labute approximate surface area is 109 Å². The van der Waals surface area contributed by atoms with Crippen LogP contribution in [0.3, 0.4) is 0 Å². The lowest BCUT2D eigenvalue weighted by molar-refractivity contribution is -0.116. The molecule has 2 rings (SSSR count). The number of hydrogen-bond acceptors (Lipinski definition) is 2. The summed E-state index contributed by atoms with van der Waals surface area (Å²) in [7, 11) is 0. The van der Waals surface area contributed by atoms with Crippen LogP contribution >= 0.6 is 22.6 Å². The van der Waals surface area contributed by atoms with E-state index in [1.54, 1.807) is 0 Å². The van der Waals surface area contributed by atoms with Gasteiger partial charge in [0.1, 0.15) is 0 Å². The van der Waals surface area contributed by atoms with E-state index >= 15 is 0 Å². The first kappa shape index (κ1) is 11.6. The number of Topliss-reactive ketones (excluding diaryl/α,β-unsaturated/α-hetero) is 1. The van der Waals surface area contributed by atoms with Crippen molar-refractivity contribution in [3.63, 3.8) is 0 Å². The Morgan fingerprint density at radius 2 is 2.00 bits per heavy atom. The van der Waals surface area contributed by atoms with E-state index in [1.807, 2.05) is 24.3 Å². The minimum atomic E-state index is 0.100. The van der Waals surface area contributed by atoms with Gasteiger partial charge in [0, 0.05) is 28.4 Å². The van der Waals surface area contributed by atoms with Gasteiger partial charge in [0.2, 0.25) is 0 Å². The van der Waals surface area contributed by atoms with Crippen LogP contribution in [0, 0.1) is 3.57 Å². The minimum Gasteiger partial charge on any atom is -0.512 e. The van der Waals surface area contributed by atoms with Crippen LogP contribution in [0.25, 0.3) is 0 Å². The Morgan fingerprint density at radius 3 is 2.69 bits per heavy atom. The number of aliphatic hydroxyl groups is 1. The van der Waals surface area contributed by atoms with Crippen LogP contribution in [0.15, 0.2) is 35.6 Å². The number of ketones is 1. The molecule has 0 spiro atoms. The van der Waals surface area contributed by atoms with E-state index in [-0.39, 0.29) is 11.5 Å². The molecule has 0 fully saturated rings. The van der Waals surface area contributed by atoms with Crippen molar-refractivity contribution in [1.82, 2.24) is 0 Å². The molecule has 1 aliphatic rings. The highest BCUT2D eigenvalue weighted by molar-refractivity contribution is 14.1. The SMILES string of the molecule is O=C1CCCC(O)=C1Cc1ccccc1I. The number of allylic oxidation sites excluding steroid dienone is 2. The summed E-state index contributed by atoms with van der Waals surface area (Å²) in [6.45, 7) is 0. The summed E-state index contributed by atoms with van der Waals surface area (Å²) in [5.74, 6) is 0.388. The van der Waals surface area contributed by atoms with Gasteiger partial charge >= 0.3 is 0 Å². The lowest BCUT2D eigenvalue weighted by Gasteiger charge is -2.15. The number of carbonyl (C=O) groups is 1. The molecule has 0 aromatic heterocycles. The number of aliphatic hydroxyl groups excluding tert-OH is 1. The van der Waals surface area contributed by atoms with E-state index in [9.17, 15) is 9.90 Å². The molecule has 1 aromatic carbocycles. The molecule has 1 N–H and O–H groups in total. The zero-order valence-corrected chi connectivity index (χ0v) is 11.0. The van der Waals surface area contributed by atoms with Crippen molar-refractivity contribution in [2.45, 2.75) is 25.7 Å². The number of rotatable bonds is 2. The van der Waals surface area contributed by atoms with Crippen LogP contribution in [0.2, 0.25) is 0 Å². The second-order valence-electron chi connectivity index (χ2n) is 3.97. The van der Waals surface area contributed by atoms with Crippen LogP contribution < -0.4 is 0 Å². The zero-order valence-electron chi connectivity index (χ0n) is 8.87. The summed E-state index contributed by atoms with van der Waals surface area (Å²) in [6, 6.07) is 7.95. The number of halogens is 1. The third-order valence-electron chi connectivity index (χ3n) is 2.83. The van der Waals surface area contributed by atoms with Crippen LogP contribution in [-0.4, -0.2) is 10.9 Å². The molecule has 0 saturated carbocycles. The first-order chi connectivity index (χ1) is 7.68. The molecule has 84 valence electrons. The number of hydrogen-bond donors (Lipinski definition) is 1. The third kappa shape index (κ3) is 2.45. The fourth-order valence-corrected chi connectivity index (χ4v) is 2.49. The smallest absolute Gasteiger partial charge is 0.162 e. The second-order valence-corrected chi connectivity index (χ2v) is 5.13.